The van der Waals surface area contributed by atoms with Crippen molar-refractivity contribution in [3.05, 3.63) is 64.1 Å². The molecule has 10 heteroatoms. The summed E-state index contributed by atoms with van der Waals surface area (Å²) < 4.78 is 27.7. The Morgan fingerprint density at radius 3 is 2.00 bits per heavy atom. The van der Waals surface area contributed by atoms with Crippen molar-refractivity contribution >= 4 is 45.0 Å². The van der Waals surface area contributed by atoms with Gasteiger partial charge in [0.15, 0.2) is 0 Å². The maximum Gasteiger partial charge on any atom is 0.243 e. The van der Waals surface area contributed by atoms with Crippen molar-refractivity contribution in [2.45, 2.75) is 24.3 Å². The lowest BCUT2D eigenvalue weighted by atomic mass is 9.96. The molecule has 1 heterocycles. The highest BCUT2D eigenvalue weighted by Crippen LogP contribution is 2.23. The van der Waals surface area contributed by atoms with Crippen molar-refractivity contribution in [1.29, 1.82) is 0 Å². The molecule has 1 saturated heterocycles. The van der Waals surface area contributed by atoms with E-state index < -0.39 is 10.0 Å². The molecule has 0 saturated carbocycles. The van der Waals surface area contributed by atoms with Gasteiger partial charge in [-0.15, -0.1) is 0 Å². The fourth-order valence-electron chi connectivity index (χ4n) is 3.44. The van der Waals surface area contributed by atoms with Gasteiger partial charge in [0.05, 0.1) is 11.4 Å². The molecule has 0 aromatic heterocycles. The van der Waals surface area contributed by atoms with Crippen molar-refractivity contribution in [1.82, 2.24) is 9.21 Å². The molecule has 166 valence electrons. The second-order valence-corrected chi connectivity index (χ2v) is 10.2. The number of halogens is 2. The first-order valence-corrected chi connectivity index (χ1v) is 11.9. The van der Waals surface area contributed by atoms with Crippen LogP contribution in [-0.4, -0.2) is 49.1 Å². The van der Waals surface area contributed by atoms with Crippen molar-refractivity contribution in [2.75, 3.05) is 19.6 Å². The number of sulfonamides is 1. The van der Waals surface area contributed by atoms with Crippen LogP contribution in [0.25, 0.3) is 0 Å². The van der Waals surface area contributed by atoms with Crippen molar-refractivity contribution in [3.8, 4) is 0 Å². The van der Waals surface area contributed by atoms with Gasteiger partial charge in [-0.05, 0) is 54.8 Å². The zero-order valence-electron chi connectivity index (χ0n) is 16.7. The number of nitrogens with zero attached hydrogens (tertiary/aromatic N) is 2. The number of hydrogen-bond donors (Lipinski definition) is 1. The lowest BCUT2D eigenvalue weighted by Gasteiger charge is -2.32. The van der Waals surface area contributed by atoms with Crippen molar-refractivity contribution in [3.63, 3.8) is 0 Å². The minimum Gasteiger partial charge on any atom is -0.369 e. The number of likely N-dealkylation sites (tertiary alicyclic amines) is 1. The molecule has 2 aromatic carbocycles. The van der Waals surface area contributed by atoms with Crippen LogP contribution in [0.5, 0.6) is 0 Å². The van der Waals surface area contributed by atoms with Crippen molar-refractivity contribution in [2.24, 2.45) is 11.7 Å². The number of hydrogen-bond acceptors (Lipinski definition) is 4. The first kappa shape index (κ1) is 23.5. The van der Waals surface area contributed by atoms with Crippen LogP contribution >= 0.6 is 23.2 Å². The van der Waals surface area contributed by atoms with Gasteiger partial charge in [0.2, 0.25) is 21.8 Å². The van der Waals surface area contributed by atoms with Crippen LogP contribution in [0.15, 0.2) is 53.4 Å². The molecular formula is C21H23Cl2N3O4S. The summed E-state index contributed by atoms with van der Waals surface area (Å²) in [5.41, 5.74) is 6.05. The van der Waals surface area contributed by atoms with Crippen LogP contribution in [0.2, 0.25) is 10.0 Å². The molecule has 1 aliphatic heterocycles. The molecule has 0 aliphatic carbocycles. The maximum absolute atomic E-state index is 13.3. The van der Waals surface area contributed by atoms with Gasteiger partial charge in [0.25, 0.3) is 0 Å². The first-order chi connectivity index (χ1) is 14.7. The molecular weight excluding hydrogens is 461 g/mol. The Kier molecular flexibility index (Phi) is 7.59. The SMILES string of the molecule is NC(=O)C1CCN(C(=O)CN(Cc2ccc(Cl)cc2)S(=O)(=O)c2ccc(Cl)cc2)CC1. The molecule has 0 atom stereocenters. The van der Waals surface area contributed by atoms with Gasteiger partial charge >= 0.3 is 0 Å². The molecule has 7 nitrogen and oxygen atoms in total. The number of nitrogens with two attached hydrogens (primary N) is 1. The highest BCUT2D eigenvalue weighted by Gasteiger charge is 2.31. The molecule has 0 unspecified atom stereocenters. The van der Waals surface area contributed by atoms with E-state index in [9.17, 15) is 18.0 Å². The average molecular weight is 484 g/mol. The Bertz CT molecular complexity index is 1040. The Balaban J connectivity index is 1.81. The van der Waals surface area contributed by atoms with E-state index in [0.29, 0.717) is 41.5 Å². The Morgan fingerprint density at radius 1 is 0.968 bits per heavy atom. The normalized spacial score (nSPS) is 15.3. The first-order valence-electron chi connectivity index (χ1n) is 9.74. The molecule has 2 N–H and O–H groups in total. The van der Waals surface area contributed by atoms with E-state index in [4.69, 9.17) is 28.9 Å². The third kappa shape index (κ3) is 5.98. The molecule has 1 fully saturated rings. The van der Waals surface area contributed by atoms with Crippen LogP contribution in [0.1, 0.15) is 18.4 Å². The van der Waals surface area contributed by atoms with E-state index in [1.54, 1.807) is 29.2 Å². The fraction of sp³-hybridized carbons (Fsp3) is 0.333. The summed E-state index contributed by atoms with van der Waals surface area (Å²) in [5, 5.41) is 0.945. The van der Waals surface area contributed by atoms with E-state index in [-0.39, 0.29) is 35.7 Å². The summed E-state index contributed by atoms with van der Waals surface area (Å²) in [6, 6.07) is 12.6. The second-order valence-electron chi connectivity index (χ2n) is 7.41. The van der Waals surface area contributed by atoms with Crippen LogP contribution in [-0.2, 0) is 26.2 Å². The molecule has 0 radical (unpaired) electrons. The van der Waals surface area contributed by atoms with Crippen LogP contribution in [0.4, 0.5) is 0 Å². The smallest absolute Gasteiger partial charge is 0.243 e. The van der Waals surface area contributed by atoms with E-state index in [2.05, 4.69) is 0 Å². The zero-order chi connectivity index (χ0) is 22.6. The summed E-state index contributed by atoms with van der Waals surface area (Å²) in [7, 11) is -3.96. The summed E-state index contributed by atoms with van der Waals surface area (Å²) in [6.07, 6.45) is 0.949. The topological polar surface area (TPSA) is 101 Å². The highest BCUT2D eigenvalue weighted by molar-refractivity contribution is 7.89. The lowest BCUT2D eigenvalue weighted by Crippen LogP contribution is -2.46. The number of amides is 2. The number of carbonyl (C=O) groups is 2. The van der Waals surface area contributed by atoms with Crippen LogP contribution < -0.4 is 5.73 Å². The zero-order valence-corrected chi connectivity index (χ0v) is 19.0. The van der Waals surface area contributed by atoms with Crippen molar-refractivity contribution < 1.29 is 18.0 Å². The second kappa shape index (κ2) is 9.99. The summed E-state index contributed by atoms with van der Waals surface area (Å²) in [6.45, 7) is 0.408. The Morgan fingerprint density at radius 2 is 1.48 bits per heavy atom. The molecule has 0 bridgehead atoms. The summed E-state index contributed by atoms with van der Waals surface area (Å²) in [5.74, 6) is -0.955. The standard InChI is InChI=1S/C21H23Cl2N3O4S/c22-17-3-1-15(2-4-17)13-26(31(29,30)19-7-5-18(23)6-8-19)14-20(27)25-11-9-16(10-12-25)21(24)28/h1-8,16H,9-14H2,(H2,24,28). The van der Waals surface area contributed by atoms with Gasteiger partial charge in [0.1, 0.15) is 0 Å². The molecule has 0 spiro atoms. The van der Waals surface area contributed by atoms with Gasteiger partial charge < -0.3 is 10.6 Å². The maximum atomic E-state index is 13.3. The van der Waals surface area contributed by atoms with Gasteiger partial charge in [-0.1, -0.05) is 35.3 Å². The fourth-order valence-corrected chi connectivity index (χ4v) is 5.07. The van der Waals surface area contributed by atoms with E-state index in [1.165, 1.54) is 24.3 Å². The van der Waals surface area contributed by atoms with E-state index >= 15 is 0 Å². The monoisotopic (exact) mass is 483 g/mol. The minimum absolute atomic E-state index is 0.00557. The van der Waals surface area contributed by atoms with Crippen LogP contribution in [0.3, 0.4) is 0 Å². The Labute approximate surface area is 191 Å². The number of primary amides is 1. The predicted octanol–water partition coefficient (Wildman–Crippen LogP) is 2.91. The molecule has 2 amide bonds. The Hall–Kier alpha value is -2.13. The summed E-state index contributed by atoms with van der Waals surface area (Å²) in [4.78, 5) is 25.9. The number of rotatable bonds is 7. The largest absolute Gasteiger partial charge is 0.369 e. The third-order valence-corrected chi connectivity index (χ3v) is 7.60. The predicted molar refractivity (Wildman–Crippen MR) is 119 cm³/mol. The highest BCUT2D eigenvalue weighted by atomic mass is 35.5. The van der Waals surface area contributed by atoms with E-state index in [1.807, 2.05) is 0 Å². The molecule has 1 aliphatic rings. The van der Waals surface area contributed by atoms with E-state index in [0.717, 1.165) is 4.31 Å². The number of carbonyl (C=O) groups excluding carboxylic acids is 2. The number of piperidine rings is 1. The molecule has 3 rings (SSSR count). The van der Waals surface area contributed by atoms with Gasteiger partial charge in [-0.3, -0.25) is 9.59 Å². The minimum atomic E-state index is -3.96. The van der Waals surface area contributed by atoms with Gasteiger partial charge in [-0.25, -0.2) is 8.42 Å². The summed E-state index contributed by atoms with van der Waals surface area (Å²) >= 11 is 11.8. The number of benzene rings is 2. The molecule has 2 aromatic rings. The van der Waals surface area contributed by atoms with Gasteiger partial charge in [-0.2, -0.15) is 4.31 Å². The third-order valence-electron chi connectivity index (χ3n) is 5.29. The van der Waals surface area contributed by atoms with Gasteiger partial charge in [0, 0.05) is 35.6 Å². The lowest BCUT2D eigenvalue weighted by molar-refractivity contribution is -0.135. The molecule has 31 heavy (non-hydrogen) atoms. The average Bonchev–Trinajstić information content (AvgIpc) is 2.75. The van der Waals surface area contributed by atoms with Crippen LogP contribution in [0, 0.1) is 5.92 Å². The quantitative estimate of drug-likeness (QED) is 0.653.